The number of amides is 1. The summed E-state index contributed by atoms with van der Waals surface area (Å²) >= 11 is 0. The van der Waals surface area contributed by atoms with Crippen LogP contribution >= 0.6 is 0 Å². The minimum absolute atomic E-state index is 0.00458. The lowest BCUT2D eigenvalue weighted by atomic mass is 9.89. The topological polar surface area (TPSA) is 125 Å². The Balaban J connectivity index is 1.88. The SMILES string of the molecule is CO/N=C1\[C@H]2O[C@@](C[C@H]3COC(C)(C)N3C(=O)OC(C)(C)C)(C(=O)O)C[C@H]2OC[C@H]1O[Si](C)(C)C(C)(C)C. The van der Waals surface area contributed by atoms with E-state index in [4.69, 9.17) is 28.2 Å². The van der Waals surface area contributed by atoms with E-state index in [2.05, 4.69) is 39.0 Å². The van der Waals surface area contributed by atoms with Gasteiger partial charge in [0.05, 0.1) is 25.4 Å². The summed E-state index contributed by atoms with van der Waals surface area (Å²) in [6, 6.07) is -0.585. The number of ether oxygens (including phenoxy) is 4. The van der Waals surface area contributed by atoms with Gasteiger partial charge in [-0.05, 0) is 52.8 Å². The Hall–Kier alpha value is -1.73. The van der Waals surface area contributed by atoms with Crippen LogP contribution in [0.3, 0.4) is 0 Å². The Morgan fingerprint density at radius 2 is 1.79 bits per heavy atom. The van der Waals surface area contributed by atoms with Crippen molar-refractivity contribution in [1.82, 2.24) is 4.90 Å². The second kappa shape index (κ2) is 10.3. The molecule has 3 aliphatic heterocycles. The van der Waals surface area contributed by atoms with E-state index in [-0.39, 0.29) is 31.1 Å². The van der Waals surface area contributed by atoms with Gasteiger partial charge in [-0.2, -0.15) is 0 Å². The molecule has 0 bridgehead atoms. The van der Waals surface area contributed by atoms with Gasteiger partial charge >= 0.3 is 12.1 Å². The fourth-order valence-electron chi connectivity index (χ4n) is 4.97. The Morgan fingerprint density at radius 1 is 1.16 bits per heavy atom. The van der Waals surface area contributed by atoms with Crippen molar-refractivity contribution in [2.75, 3.05) is 20.3 Å². The molecule has 3 aliphatic rings. The van der Waals surface area contributed by atoms with Crippen LogP contribution in [0.5, 0.6) is 0 Å². The van der Waals surface area contributed by atoms with Crippen molar-refractivity contribution in [3.63, 3.8) is 0 Å². The molecule has 0 spiro atoms. The molecule has 38 heavy (non-hydrogen) atoms. The molecule has 5 atom stereocenters. The van der Waals surface area contributed by atoms with Gasteiger partial charge in [0.15, 0.2) is 13.9 Å². The van der Waals surface area contributed by atoms with E-state index < -0.39 is 61.7 Å². The summed E-state index contributed by atoms with van der Waals surface area (Å²) in [6.07, 6.45) is -2.32. The second-order valence-electron chi connectivity index (χ2n) is 13.4. The largest absolute Gasteiger partial charge is 0.479 e. The molecule has 0 saturated carbocycles. The molecular weight excluding hydrogens is 512 g/mol. The first kappa shape index (κ1) is 30.8. The molecule has 3 heterocycles. The maximum absolute atomic E-state index is 13.1. The number of oxime groups is 1. The molecule has 218 valence electrons. The molecule has 0 aliphatic carbocycles. The van der Waals surface area contributed by atoms with E-state index in [1.807, 2.05) is 0 Å². The first-order chi connectivity index (χ1) is 17.2. The van der Waals surface area contributed by atoms with Crippen molar-refractivity contribution in [2.45, 2.75) is 128 Å². The number of carbonyl (C=O) groups excluding carboxylic acids is 1. The van der Waals surface area contributed by atoms with Crippen molar-refractivity contribution in [1.29, 1.82) is 0 Å². The summed E-state index contributed by atoms with van der Waals surface area (Å²) in [6.45, 7) is 19.9. The molecule has 3 rings (SSSR count). The first-order valence-electron chi connectivity index (χ1n) is 13.2. The molecular formula is C26H46N2O9Si. The summed E-state index contributed by atoms with van der Waals surface area (Å²) in [5.41, 5.74) is -2.84. The minimum Gasteiger partial charge on any atom is -0.479 e. The molecule has 1 N–H and O–H groups in total. The fraction of sp³-hybridized carbons (Fsp3) is 0.885. The number of nitrogens with zero attached hydrogens (tertiary/aromatic N) is 2. The van der Waals surface area contributed by atoms with E-state index >= 15 is 0 Å². The third-order valence-electron chi connectivity index (χ3n) is 7.86. The molecule has 0 aromatic carbocycles. The first-order valence-corrected chi connectivity index (χ1v) is 16.1. The third kappa shape index (κ3) is 6.19. The molecule has 3 fully saturated rings. The van der Waals surface area contributed by atoms with Gasteiger partial charge in [0, 0.05) is 12.8 Å². The van der Waals surface area contributed by atoms with E-state index in [9.17, 15) is 14.7 Å². The number of hydrogen-bond acceptors (Lipinski definition) is 9. The van der Waals surface area contributed by atoms with Gasteiger partial charge in [-0.3, -0.25) is 4.90 Å². The Labute approximate surface area is 227 Å². The van der Waals surface area contributed by atoms with Crippen molar-refractivity contribution in [3.05, 3.63) is 0 Å². The molecule has 0 aromatic rings. The molecule has 11 nitrogen and oxygen atoms in total. The summed E-state index contributed by atoms with van der Waals surface area (Å²) < 4.78 is 30.6. The maximum Gasteiger partial charge on any atom is 0.412 e. The zero-order valence-electron chi connectivity index (χ0n) is 24.7. The van der Waals surface area contributed by atoms with Gasteiger partial charge < -0.3 is 33.3 Å². The van der Waals surface area contributed by atoms with Crippen molar-refractivity contribution >= 4 is 26.1 Å². The highest BCUT2D eigenvalue weighted by atomic mass is 28.4. The lowest BCUT2D eigenvalue weighted by Crippen LogP contribution is -2.55. The highest BCUT2D eigenvalue weighted by Crippen LogP contribution is 2.44. The van der Waals surface area contributed by atoms with Gasteiger partial charge in [-0.15, -0.1) is 0 Å². The second-order valence-corrected chi connectivity index (χ2v) is 18.2. The summed E-state index contributed by atoms with van der Waals surface area (Å²) in [4.78, 5) is 32.5. The number of aliphatic carboxylic acids is 1. The van der Waals surface area contributed by atoms with Crippen molar-refractivity contribution < 1.29 is 42.9 Å². The predicted octanol–water partition coefficient (Wildman–Crippen LogP) is 4.15. The summed E-state index contributed by atoms with van der Waals surface area (Å²) in [5.74, 6) is -1.14. The van der Waals surface area contributed by atoms with Crippen molar-refractivity contribution in [2.24, 2.45) is 5.16 Å². The van der Waals surface area contributed by atoms with Crippen LogP contribution in [0.2, 0.25) is 18.1 Å². The van der Waals surface area contributed by atoms with Crippen LogP contribution in [-0.2, 0) is 33.0 Å². The van der Waals surface area contributed by atoms with Crippen LogP contribution in [0.15, 0.2) is 5.16 Å². The smallest absolute Gasteiger partial charge is 0.412 e. The maximum atomic E-state index is 13.1. The van der Waals surface area contributed by atoms with Gasteiger partial charge in [0.25, 0.3) is 0 Å². The number of carbonyl (C=O) groups is 2. The summed E-state index contributed by atoms with van der Waals surface area (Å²) in [5, 5.41) is 14.6. The number of rotatable bonds is 6. The highest BCUT2D eigenvalue weighted by molar-refractivity contribution is 6.74. The lowest BCUT2D eigenvalue weighted by molar-refractivity contribution is -0.165. The average Bonchev–Trinajstić information content (AvgIpc) is 3.25. The Kier molecular flexibility index (Phi) is 8.39. The van der Waals surface area contributed by atoms with Crippen LogP contribution < -0.4 is 0 Å². The van der Waals surface area contributed by atoms with Gasteiger partial charge in [0.2, 0.25) is 0 Å². The molecule has 0 unspecified atom stereocenters. The molecule has 12 heteroatoms. The Morgan fingerprint density at radius 3 is 2.32 bits per heavy atom. The van der Waals surface area contributed by atoms with Crippen LogP contribution in [0.25, 0.3) is 0 Å². The van der Waals surface area contributed by atoms with E-state index in [0.29, 0.717) is 5.71 Å². The van der Waals surface area contributed by atoms with Gasteiger partial charge in [-0.25, -0.2) is 9.59 Å². The third-order valence-corrected chi connectivity index (χ3v) is 12.3. The standard InChI is InChI=1S/C26H46N2O9Si/c1-23(2,3)36-22(31)28-16(14-34-25(28,7)8)12-26(21(29)30)13-17-20(35-26)19(27-32-9)18(15-33-17)37-38(10,11)24(4,5)6/h16-18,20H,12-15H2,1-11H3,(H,29,30)/b27-19-/t16-,17+,18+,20-,26+/m0/s1. The van der Waals surface area contributed by atoms with Gasteiger partial charge in [-0.1, -0.05) is 25.9 Å². The fourth-order valence-corrected chi connectivity index (χ4v) is 6.22. The number of carboxylic acids is 1. The number of fused-ring (bicyclic) bond motifs is 1. The summed E-state index contributed by atoms with van der Waals surface area (Å²) in [7, 11) is -0.773. The molecule has 0 aromatic heterocycles. The van der Waals surface area contributed by atoms with E-state index in [1.165, 1.54) is 12.0 Å². The molecule has 1 amide bonds. The zero-order chi connectivity index (χ0) is 28.9. The zero-order valence-corrected chi connectivity index (χ0v) is 25.7. The van der Waals surface area contributed by atoms with Gasteiger partial charge in [0.1, 0.15) is 36.4 Å². The number of hydrogen-bond donors (Lipinski definition) is 1. The number of carboxylic acid groups (broad SMARTS) is 1. The molecule has 3 saturated heterocycles. The lowest BCUT2D eigenvalue weighted by Gasteiger charge is -2.42. The highest BCUT2D eigenvalue weighted by Gasteiger charge is 2.60. The monoisotopic (exact) mass is 558 g/mol. The minimum atomic E-state index is -2.21. The van der Waals surface area contributed by atoms with Crippen LogP contribution in [-0.4, -0.2) is 97.7 Å². The van der Waals surface area contributed by atoms with Crippen LogP contribution in [0.1, 0.15) is 68.2 Å². The van der Waals surface area contributed by atoms with E-state index in [0.717, 1.165) is 0 Å². The van der Waals surface area contributed by atoms with Crippen molar-refractivity contribution in [3.8, 4) is 0 Å². The Bertz CT molecular complexity index is 940. The average molecular weight is 559 g/mol. The van der Waals surface area contributed by atoms with Crippen LogP contribution in [0.4, 0.5) is 4.79 Å². The van der Waals surface area contributed by atoms with Crippen LogP contribution in [0, 0.1) is 0 Å². The predicted molar refractivity (Wildman–Crippen MR) is 143 cm³/mol. The normalized spacial score (nSPS) is 32.8. The quantitative estimate of drug-likeness (QED) is 0.378. The molecule has 0 radical (unpaired) electrons. The van der Waals surface area contributed by atoms with E-state index in [1.54, 1.807) is 34.6 Å².